The molecule has 1 heterocycles. The van der Waals surface area contributed by atoms with Crippen LogP contribution in [0.25, 0.3) is 10.2 Å². The Morgan fingerprint density at radius 2 is 2.31 bits per heavy atom. The number of hydrogen-bond acceptors (Lipinski definition) is 3. The first kappa shape index (κ1) is 8.90. The molecule has 1 aromatic heterocycles. The number of fused-ring (bicyclic) bond motifs is 1. The molecule has 0 aliphatic rings. The molecule has 2 N–H and O–H groups in total. The van der Waals surface area contributed by atoms with Gasteiger partial charge in [-0.15, -0.1) is 0 Å². The summed E-state index contributed by atoms with van der Waals surface area (Å²) in [5, 5.41) is 0.459. The van der Waals surface area contributed by atoms with Gasteiger partial charge < -0.3 is 5.73 Å². The molecule has 0 fully saturated rings. The van der Waals surface area contributed by atoms with Crippen molar-refractivity contribution in [2.24, 2.45) is 0 Å². The molecular weight excluding hydrogens is 255 g/mol. The van der Waals surface area contributed by atoms with E-state index in [-0.39, 0.29) is 5.82 Å². The molecule has 0 radical (unpaired) electrons. The predicted molar refractivity (Wildman–Crippen MR) is 56.4 cm³/mol. The van der Waals surface area contributed by atoms with Crippen LogP contribution in [0, 0.1) is 12.7 Å². The van der Waals surface area contributed by atoms with E-state index in [1.165, 1.54) is 17.4 Å². The fourth-order valence-electron chi connectivity index (χ4n) is 1.11. The number of thiazole rings is 1. The molecule has 13 heavy (non-hydrogen) atoms. The minimum atomic E-state index is -0.233. The number of benzene rings is 1. The highest BCUT2D eigenvalue weighted by atomic mass is 79.9. The van der Waals surface area contributed by atoms with E-state index in [1.54, 1.807) is 6.92 Å². The van der Waals surface area contributed by atoms with Crippen molar-refractivity contribution in [1.29, 1.82) is 0 Å². The lowest BCUT2D eigenvalue weighted by Gasteiger charge is -1.99. The number of nitrogen functional groups attached to an aromatic ring is 1. The molecule has 0 aliphatic carbocycles. The average Bonchev–Trinajstić information content (AvgIpc) is 2.42. The second kappa shape index (κ2) is 2.92. The largest absolute Gasteiger partial charge is 0.375 e. The number of nitrogens with two attached hydrogens (primary N) is 1. The van der Waals surface area contributed by atoms with Gasteiger partial charge in [0.2, 0.25) is 0 Å². The van der Waals surface area contributed by atoms with E-state index in [9.17, 15) is 4.39 Å². The van der Waals surface area contributed by atoms with E-state index in [1.807, 2.05) is 0 Å². The third kappa shape index (κ3) is 1.32. The zero-order valence-corrected chi connectivity index (χ0v) is 9.17. The van der Waals surface area contributed by atoms with E-state index in [0.29, 0.717) is 15.2 Å². The summed E-state index contributed by atoms with van der Waals surface area (Å²) in [5.74, 6) is -0.233. The summed E-state index contributed by atoms with van der Waals surface area (Å²) in [5.41, 5.74) is 6.83. The van der Waals surface area contributed by atoms with Gasteiger partial charge in [-0.3, -0.25) is 0 Å². The monoisotopic (exact) mass is 260 g/mol. The quantitative estimate of drug-likeness (QED) is 0.791. The summed E-state index contributed by atoms with van der Waals surface area (Å²) >= 11 is 4.58. The van der Waals surface area contributed by atoms with Crippen LogP contribution in [0.3, 0.4) is 0 Å². The zero-order chi connectivity index (χ0) is 9.59. The van der Waals surface area contributed by atoms with Gasteiger partial charge >= 0.3 is 0 Å². The molecule has 2 nitrogen and oxygen atoms in total. The van der Waals surface area contributed by atoms with Gasteiger partial charge in [0.1, 0.15) is 5.82 Å². The molecule has 2 rings (SSSR count). The Morgan fingerprint density at radius 3 is 3.00 bits per heavy atom. The summed E-state index contributed by atoms with van der Waals surface area (Å²) < 4.78 is 14.7. The maximum absolute atomic E-state index is 13.2. The van der Waals surface area contributed by atoms with Crippen molar-refractivity contribution in [2.75, 3.05) is 5.73 Å². The lowest BCUT2D eigenvalue weighted by molar-refractivity contribution is 0.619. The highest BCUT2D eigenvalue weighted by molar-refractivity contribution is 9.10. The molecule has 5 heteroatoms. The molecule has 0 spiro atoms. The third-order valence-corrected chi connectivity index (χ3v) is 3.62. The number of hydrogen-bond donors (Lipinski definition) is 1. The summed E-state index contributed by atoms with van der Waals surface area (Å²) in [7, 11) is 0. The fourth-order valence-corrected chi connectivity index (χ4v) is 2.50. The number of halogens is 2. The SMILES string of the molecule is Cc1c(F)cc2sc(N)nc2c1Br. The van der Waals surface area contributed by atoms with Crippen molar-refractivity contribution in [3.63, 3.8) is 0 Å². The van der Waals surface area contributed by atoms with Crippen LogP contribution >= 0.6 is 27.3 Å². The van der Waals surface area contributed by atoms with Crippen LogP contribution in [0.2, 0.25) is 0 Å². The van der Waals surface area contributed by atoms with Crippen molar-refractivity contribution < 1.29 is 4.39 Å². The Bertz CT molecular complexity index is 480. The number of rotatable bonds is 0. The van der Waals surface area contributed by atoms with Crippen LogP contribution in [0.15, 0.2) is 10.5 Å². The van der Waals surface area contributed by atoms with Crippen molar-refractivity contribution in [3.8, 4) is 0 Å². The Balaban J connectivity index is 2.92. The van der Waals surface area contributed by atoms with Gasteiger partial charge in [-0.2, -0.15) is 0 Å². The first-order valence-corrected chi connectivity index (χ1v) is 5.21. The zero-order valence-electron chi connectivity index (χ0n) is 6.77. The molecule has 68 valence electrons. The highest BCUT2D eigenvalue weighted by Crippen LogP contribution is 2.33. The Labute approximate surface area is 86.7 Å². The van der Waals surface area contributed by atoms with Crippen molar-refractivity contribution in [1.82, 2.24) is 4.98 Å². The Morgan fingerprint density at radius 1 is 1.62 bits per heavy atom. The molecule has 2 aromatic rings. The second-order valence-corrected chi connectivity index (χ2v) is 4.55. The smallest absolute Gasteiger partial charge is 0.181 e. The second-order valence-electron chi connectivity index (χ2n) is 2.70. The van der Waals surface area contributed by atoms with Gasteiger partial charge in [0.15, 0.2) is 5.13 Å². The van der Waals surface area contributed by atoms with Crippen LogP contribution in [0.1, 0.15) is 5.56 Å². The minimum absolute atomic E-state index is 0.233. The van der Waals surface area contributed by atoms with Gasteiger partial charge in [0.05, 0.1) is 14.7 Å². The molecule has 0 aliphatic heterocycles. The maximum atomic E-state index is 13.2. The summed E-state index contributed by atoms with van der Waals surface area (Å²) in [6.07, 6.45) is 0. The summed E-state index contributed by atoms with van der Waals surface area (Å²) in [4.78, 5) is 4.10. The Kier molecular flexibility index (Phi) is 2.00. The number of anilines is 1. The van der Waals surface area contributed by atoms with E-state index in [2.05, 4.69) is 20.9 Å². The van der Waals surface area contributed by atoms with Gasteiger partial charge in [-0.05, 0) is 28.9 Å². The van der Waals surface area contributed by atoms with E-state index in [0.717, 1.165) is 10.2 Å². The van der Waals surface area contributed by atoms with Gasteiger partial charge in [0, 0.05) is 5.56 Å². The number of aromatic nitrogens is 1. The van der Waals surface area contributed by atoms with Crippen molar-refractivity contribution >= 4 is 42.6 Å². The lowest BCUT2D eigenvalue weighted by atomic mass is 10.2. The third-order valence-electron chi connectivity index (χ3n) is 1.82. The Hall–Kier alpha value is -0.680. The van der Waals surface area contributed by atoms with Gasteiger partial charge in [-0.25, -0.2) is 9.37 Å². The van der Waals surface area contributed by atoms with Gasteiger partial charge in [0.25, 0.3) is 0 Å². The fraction of sp³-hybridized carbons (Fsp3) is 0.125. The van der Waals surface area contributed by atoms with Crippen molar-refractivity contribution in [2.45, 2.75) is 6.92 Å². The van der Waals surface area contributed by atoms with Crippen LogP contribution in [0.5, 0.6) is 0 Å². The van der Waals surface area contributed by atoms with E-state index >= 15 is 0 Å². The summed E-state index contributed by atoms with van der Waals surface area (Å²) in [6.45, 7) is 1.70. The minimum Gasteiger partial charge on any atom is -0.375 e. The van der Waals surface area contributed by atoms with Crippen molar-refractivity contribution in [3.05, 3.63) is 21.9 Å². The van der Waals surface area contributed by atoms with Gasteiger partial charge in [-0.1, -0.05) is 11.3 Å². The van der Waals surface area contributed by atoms with Crippen LogP contribution in [-0.4, -0.2) is 4.98 Å². The van der Waals surface area contributed by atoms with E-state index in [4.69, 9.17) is 5.73 Å². The highest BCUT2D eigenvalue weighted by Gasteiger charge is 2.11. The molecule has 1 aromatic carbocycles. The molecule has 0 atom stereocenters. The normalized spacial score (nSPS) is 11.0. The topological polar surface area (TPSA) is 38.9 Å². The first-order chi connectivity index (χ1) is 6.09. The molecule has 0 amide bonds. The molecular formula is C8H6BrFN2S. The number of nitrogens with zero attached hydrogens (tertiary/aromatic N) is 1. The molecule has 0 saturated heterocycles. The van der Waals surface area contributed by atoms with E-state index < -0.39 is 0 Å². The first-order valence-electron chi connectivity index (χ1n) is 3.60. The maximum Gasteiger partial charge on any atom is 0.181 e. The van der Waals surface area contributed by atoms with Crippen LogP contribution < -0.4 is 5.73 Å². The summed E-state index contributed by atoms with van der Waals surface area (Å²) in [6, 6.07) is 1.46. The van der Waals surface area contributed by atoms with Crippen LogP contribution in [0.4, 0.5) is 9.52 Å². The predicted octanol–water partition coefficient (Wildman–Crippen LogP) is 3.09. The lowest BCUT2D eigenvalue weighted by Crippen LogP contribution is -1.85. The molecule has 0 unspecified atom stereocenters. The molecule has 0 saturated carbocycles. The van der Waals surface area contributed by atoms with Crippen LogP contribution in [-0.2, 0) is 0 Å². The average molecular weight is 261 g/mol. The molecule has 0 bridgehead atoms. The standard InChI is InChI=1S/C8H6BrFN2S/c1-3-4(10)2-5-7(6(3)9)12-8(11)13-5/h2H,1H3,(H2,11,12).